The number of aryl methyl sites for hydroxylation is 1. The van der Waals surface area contributed by atoms with Crippen LogP contribution < -0.4 is 10.0 Å². The third-order valence-electron chi connectivity index (χ3n) is 3.75. The molecule has 0 atom stereocenters. The summed E-state index contributed by atoms with van der Waals surface area (Å²) in [7, 11) is -2.49. The molecule has 2 aromatic carbocycles. The fourth-order valence-corrected chi connectivity index (χ4v) is 3.93. The molecule has 0 bridgehead atoms. The molecule has 0 radical (unpaired) electrons. The molecule has 0 heterocycles. The number of carbonyl (C=O) groups is 2. The Morgan fingerprint density at radius 2 is 1.68 bits per heavy atom. The minimum absolute atomic E-state index is 0.00453. The summed E-state index contributed by atoms with van der Waals surface area (Å²) in [6.07, 6.45) is 0. The first kappa shape index (κ1) is 21.6. The summed E-state index contributed by atoms with van der Waals surface area (Å²) in [6.45, 7) is 6.99. The average Bonchev–Trinajstić information content (AvgIpc) is 2.61. The number of methoxy groups -OCH3 is 1. The van der Waals surface area contributed by atoms with Crippen LogP contribution in [0.3, 0.4) is 0 Å². The van der Waals surface area contributed by atoms with E-state index in [1.54, 1.807) is 39.8 Å². The number of rotatable bonds is 5. The number of carbonyl (C=O) groups excluding carboxylic acids is 2. The van der Waals surface area contributed by atoms with Gasteiger partial charge < -0.3 is 10.1 Å². The van der Waals surface area contributed by atoms with Gasteiger partial charge in [-0.2, -0.15) is 0 Å². The average molecular weight is 404 g/mol. The largest absolute Gasteiger partial charge is 0.465 e. The topological polar surface area (TPSA) is 102 Å². The van der Waals surface area contributed by atoms with Gasteiger partial charge in [-0.1, -0.05) is 12.1 Å². The molecule has 2 aromatic rings. The summed E-state index contributed by atoms with van der Waals surface area (Å²) in [5.74, 6) is -1.00. The zero-order valence-electron chi connectivity index (χ0n) is 16.5. The summed E-state index contributed by atoms with van der Waals surface area (Å²) in [6, 6.07) is 10.6. The van der Waals surface area contributed by atoms with Crippen molar-refractivity contribution in [2.75, 3.05) is 12.4 Å². The lowest BCUT2D eigenvalue weighted by Gasteiger charge is -2.20. The second-order valence-electron chi connectivity index (χ2n) is 7.36. The van der Waals surface area contributed by atoms with Gasteiger partial charge in [0.15, 0.2) is 0 Å². The Hall–Kier alpha value is -2.71. The number of esters is 1. The van der Waals surface area contributed by atoms with Crippen LogP contribution >= 0.6 is 0 Å². The third-order valence-corrected chi connectivity index (χ3v) is 5.51. The zero-order valence-corrected chi connectivity index (χ0v) is 17.3. The molecule has 28 heavy (non-hydrogen) atoms. The van der Waals surface area contributed by atoms with E-state index in [2.05, 4.69) is 14.8 Å². The summed E-state index contributed by atoms with van der Waals surface area (Å²) in [5.41, 5.74) is 1.02. The molecule has 0 unspecified atom stereocenters. The van der Waals surface area contributed by atoms with Crippen LogP contribution in [0.15, 0.2) is 47.4 Å². The van der Waals surface area contributed by atoms with Crippen LogP contribution in [0.5, 0.6) is 0 Å². The fourth-order valence-electron chi connectivity index (χ4n) is 2.46. The van der Waals surface area contributed by atoms with E-state index in [0.717, 1.165) is 5.56 Å². The van der Waals surface area contributed by atoms with Crippen molar-refractivity contribution >= 4 is 27.6 Å². The van der Waals surface area contributed by atoms with Crippen molar-refractivity contribution in [2.45, 2.75) is 38.1 Å². The third kappa shape index (κ3) is 5.40. The maximum absolute atomic E-state index is 12.6. The van der Waals surface area contributed by atoms with Crippen LogP contribution in [0.2, 0.25) is 0 Å². The Labute approximate surface area is 165 Å². The Morgan fingerprint density at radius 1 is 1.00 bits per heavy atom. The molecular formula is C20H24N2O5S. The smallest absolute Gasteiger partial charge is 0.337 e. The van der Waals surface area contributed by atoms with Crippen molar-refractivity contribution in [3.63, 3.8) is 0 Å². The van der Waals surface area contributed by atoms with Crippen molar-refractivity contribution in [3.8, 4) is 0 Å². The Balaban J connectivity index is 2.31. The van der Waals surface area contributed by atoms with Gasteiger partial charge in [0.2, 0.25) is 10.0 Å². The summed E-state index contributed by atoms with van der Waals surface area (Å²) < 4.78 is 32.2. The Kier molecular flexibility index (Phi) is 6.26. The number of hydrogen-bond donors (Lipinski definition) is 2. The maximum Gasteiger partial charge on any atom is 0.337 e. The van der Waals surface area contributed by atoms with E-state index in [-0.39, 0.29) is 10.5 Å². The molecule has 0 fully saturated rings. The van der Waals surface area contributed by atoms with Gasteiger partial charge in [-0.05, 0) is 63.6 Å². The second kappa shape index (κ2) is 8.12. The van der Waals surface area contributed by atoms with Crippen LogP contribution in [0.1, 0.15) is 47.1 Å². The van der Waals surface area contributed by atoms with Crippen molar-refractivity contribution < 1.29 is 22.7 Å². The van der Waals surface area contributed by atoms with E-state index in [9.17, 15) is 18.0 Å². The first-order valence-electron chi connectivity index (χ1n) is 8.57. The number of ether oxygens (including phenoxy) is 1. The highest BCUT2D eigenvalue weighted by molar-refractivity contribution is 7.89. The molecule has 0 aliphatic heterocycles. The summed E-state index contributed by atoms with van der Waals surface area (Å²) >= 11 is 0. The number of sulfonamides is 1. The minimum Gasteiger partial charge on any atom is -0.465 e. The molecular weight excluding hydrogens is 380 g/mol. The van der Waals surface area contributed by atoms with E-state index in [1.807, 2.05) is 0 Å². The molecule has 2 rings (SSSR count). The maximum atomic E-state index is 12.6. The number of nitrogens with one attached hydrogen (secondary N) is 2. The molecule has 2 N–H and O–H groups in total. The van der Waals surface area contributed by atoms with E-state index < -0.39 is 27.4 Å². The fraction of sp³-hybridized carbons (Fsp3) is 0.300. The molecule has 0 aromatic heterocycles. The van der Waals surface area contributed by atoms with Crippen LogP contribution in [0.25, 0.3) is 0 Å². The molecule has 7 nitrogen and oxygen atoms in total. The van der Waals surface area contributed by atoms with Gasteiger partial charge in [0.25, 0.3) is 5.91 Å². The van der Waals surface area contributed by atoms with Crippen molar-refractivity contribution in [3.05, 3.63) is 59.2 Å². The molecule has 150 valence electrons. The molecule has 0 saturated heterocycles. The van der Waals surface area contributed by atoms with Crippen molar-refractivity contribution in [1.82, 2.24) is 4.72 Å². The Bertz CT molecular complexity index is 1010. The standard InChI is InChI=1S/C20H24N2O5S/c1-13-9-10-15(19(24)27-5)12-17(13)21-18(23)14-7-6-8-16(11-14)28(25,26)22-20(2,3)4/h6-12,22H,1-5H3,(H,21,23). The van der Waals surface area contributed by atoms with Gasteiger partial charge in [-0.15, -0.1) is 0 Å². The predicted molar refractivity (Wildman–Crippen MR) is 107 cm³/mol. The lowest BCUT2D eigenvalue weighted by molar-refractivity contribution is 0.0600. The van der Waals surface area contributed by atoms with Crippen LogP contribution in [-0.4, -0.2) is 32.9 Å². The van der Waals surface area contributed by atoms with Gasteiger partial charge in [0.05, 0.1) is 17.6 Å². The highest BCUT2D eigenvalue weighted by Crippen LogP contribution is 2.20. The molecule has 0 saturated carbocycles. The lowest BCUT2D eigenvalue weighted by Crippen LogP contribution is -2.40. The second-order valence-corrected chi connectivity index (χ2v) is 9.04. The predicted octanol–water partition coefficient (Wildman–Crippen LogP) is 3.11. The van der Waals surface area contributed by atoms with E-state index in [0.29, 0.717) is 11.3 Å². The molecule has 0 aliphatic rings. The van der Waals surface area contributed by atoms with Gasteiger partial charge in [0.1, 0.15) is 0 Å². The lowest BCUT2D eigenvalue weighted by atomic mass is 10.1. The minimum atomic E-state index is -3.77. The monoisotopic (exact) mass is 404 g/mol. The quantitative estimate of drug-likeness (QED) is 0.746. The number of hydrogen-bond acceptors (Lipinski definition) is 5. The van der Waals surface area contributed by atoms with Crippen molar-refractivity contribution in [1.29, 1.82) is 0 Å². The summed E-state index contributed by atoms with van der Waals surface area (Å²) in [4.78, 5) is 24.3. The van der Waals surface area contributed by atoms with E-state index in [4.69, 9.17) is 0 Å². The highest BCUT2D eigenvalue weighted by atomic mass is 32.2. The van der Waals surface area contributed by atoms with Crippen molar-refractivity contribution in [2.24, 2.45) is 0 Å². The SMILES string of the molecule is COC(=O)c1ccc(C)c(NC(=O)c2cccc(S(=O)(=O)NC(C)(C)C)c2)c1. The molecule has 0 aliphatic carbocycles. The molecule has 0 spiro atoms. The number of amides is 1. The van der Waals surface area contributed by atoms with Gasteiger partial charge >= 0.3 is 5.97 Å². The van der Waals surface area contributed by atoms with Gasteiger partial charge in [-0.25, -0.2) is 17.9 Å². The Morgan fingerprint density at radius 3 is 2.29 bits per heavy atom. The highest BCUT2D eigenvalue weighted by Gasteiger charge is 2.23. The zero-order chi connectivity index (χ0) is 21.1. The van der Waals surface area contributed by atoms with Crippen LogP contribution in [-0.2, 0) is 14.8 Å². The van der Waals surface area contributed by atoms with Crippen LogP contribution in [0.4, 0.5) is 5.69 Å². The van der Waals surface area contributed by atoms with E-state index in [1.165, 1.54) is 37.4 Å². The normalized spacial score (nSPS) is 11.8. The van der Waals surface area contributed by atoms with E-state index >= 15 is 0 Å². The van der Waals surface area contributed by atoms with Crippen LogP contribution in [0, 0.1) is 6.92 Å². The molecule has 1 amide bonds. The van der Waals surface area contributed by atoms with Gasteiger partial charge in [0, 0.05) is 16.8 Å². The number of benzene rings is 2. The molecule has 8 heteroatoms. The summed E-state index contributed by atoms with van der Waals surface area (Å²) in [5, 5.41) is 2.71. The number of anilines is 1. The van der Waals surface area contributed by atoms with Gasteiger partial charge in [-0.3, -0.25) is 4.79 Å². The first-order valence-corrected chi connectivity index (χ1v) is 10.1. The first-order chi connectivity index (χ1) is 12.9.